The molecule has 0 aliphatic heterocycles. The van der Waals surface area contributed by atoms with Crippen molar-refractivity contribution in [3.8, 4) is 0 Å². The van der Waals surface area contributed by atoms with Crippen molar-refractivity contribution in [3.05, 3.63) is 0 Å². The predicted octanol–water partition coefficient (Wildman–Crippen LogP) is 1.34. The van der Waals surface area contributed by atoms with E-state index < -0.39 is 0 Å². The highest BCUT2D eigenvalue weighted by Crippen LogP contribution is 2.32. The molecule has 0 amide bonds. The maximum Gasteiger partial charge on any atom is 0.0615 e. The Kier molecular flexibility index (Phi) is 5.58. The minimum Gasteiger partial charge on any atom is -0.383 e. The number of ether oxygens (including phenoxy) is 1. The van der Waals surface area contributed by atoms with Crippen molar-refractivity contribution in [2.75, 3.05) is 33.9 Å². The second kappa shape index (κ2) is 6.46. The maximum atomic E-state index is 5.14. The summed E-state index contributed by atoms with van der Waals surface area (Å²) in [5, 5.41) is 3.59. The molecule has 0 radical (unpaired) electrons. The van der Waals surface area contributed by atoms with Gasteiger partial charge in [0.25, 0.3) is 0 Å². The summed E-state index contributed by atoms with van der Waals surface area (Å²) in [7, 11) is 3.92. The Balaban J connectivity index is 2.02. The molecule has 1 fully saturated rings. The molecule has 1 saturated carbocycles. The average Bonchev–Trinajstić information content (AvgIpc) is 3.00. The van der Waals surface area contributed by atoms with E-state index in [4.69, 9.17) is 4.74 Å². The van der Waals surface area contributed by atoms with Gasteiger partial charge in [-0.25, -0.2) is 0 Å². The molecule has 1 N–H and O–H groups in total. The Hall–Kier alpha value is -0.120. The summed E-state index contributed by atoms with van der Waals surface area (Å²) >= 11 is 0. The number of hydrogen-bond acceptors (Lipinski definition) is 3. The van der Waals surface area contributed by atoms with Gasteiger partial charge in [0.15, 0.2) is 0 Å². The van der Waals surface area contributed by atoms with E-state index in [0.717, 1.165) is 25.6 Å². The van der Waals surface area contributed by atoms with Crippen LogP contribution in [0.5, 0.6) is 0 Å². The zero-order chi connectivity index (χ0) is 11.3. The van der Waals surface area contributed by atoms with Crippen molar-refractivity contribution in [1.29, 1.82) is 0 Å². The second-order valence-electron chi connectivity index (χ2n) is 4.87. The lowest BCUT2D eigenvalue weighted by atomic mass is 10.2. The van der Waals surface area contributed by atoms with Gasteiger partial charge in [0.2, 0.25) is 0 Å². The summed E-state index contributed by atoms with van der Waals surface area (Å²) in [6.45, 7) is 7.50. The molecule has 2 unspecified atom stereocenters. The van der Waals surface area contributed by atoms with Crippen LogP contribution in [0.3, 0.4) is 0 Å². The van der Waals surface area contributed by atoms with Crippen LogP contribution in [0.4, 0.5) is 0 Å². The SMILES string of the molecule is COCC(C)N(C)CCNC(C)C1CC1. The van der Waals surface area contributed by atoms with Crippen LogP contribution in [0.2, 0.25) is 0 Å². The molecule has 0 saturated heterocycles. The number of methoxy groups -OCH3 is 1. The van der Waals surface area contributed by atoms with Crippen molar-refractivity contribution in [2.45, 2.75) is 38.8 Å². The highest BCUT2D eigenvalue weighted by Gasteiger charge is 2.27. The number of likely N-dealkylation sites (N-methyl/N-ethyl adjacent to an activating group) is 1. The molecule has 1 rings (SSSR count). The van der Waals surface area contributed by atoms with Crippen LogP contribution >= 0.6 is 0 Å². The van der Waals surface area contributed by atoms with Gasteiger partial charge in [0.1, 0.15) is 0 Å². The van der Waals surface area contributed by atoms with Gasteiger partial charge in [-0.3, -0.25) is 0 Å². The minimum atomic E-state index is 0.507. The first-order valence-electron chi connectivity index (χ1n) is 6.07. The maximum absolute atomic E-state index is 5.14. The monoisotopic (exact) mass is 214 g/mol. The number of nitrogens with one attached hydrogen (secondary N) is 1. The van der Waals surface area contributed by atoms with Crippen molar-refractivity contribution >= 4 is 0 Å². The molecule has 0 heterocycles. The van der Waals surface area contributed by atoms with Gasteiger partial charge < -0.3 is 15.0 Å². The summed E-state index contributed by atoms with van der Waals surface area (Å²) < 4.78 is 5.14. The molecule has 0 bridgehead atoms. The van der Waals surface area contributed by atoms with Gasteiger partial charge in [0, 0.05) is 32.3 Å². The fraction of sp³-hybridized carbons (Fsp3) is 1.00. The second-order valence-corrected chi connectivity index (χ2v) is 4.87. The lowest BCUT2D eigenvalue weighted by Gasteiger charge is -2.25. The fourth-order valence-corrected chi connectivity index (χ4v) is 1.82. The molecule has 90 valence electrons. The predicted molar refractivity (Wildman–Crippen MR) is 64.2 cm³/mol. The third-order valence-electron chi connectivity index (χ3n) is 3.42. The fourth-order valence-electron chi connectivity index (χ4n) is 1.82. The molecule has 15 heavy (non-hydrogen) atoms. The van der Waals surface area contributed by atoms with E-state index in [0.29, 0.717) is 12.1 Å². The highest BCUT2D eigenvalue weighted by molar-refractivity contribution is 4.83. The van der Waals surface area contributed by atoms with Crippen LogP contribution in [0.15, 0.2) is 0 Å². The van der Waals surface area contributed by atoms with Crippen LogP contribution in [-0.4, -0.2) is 50.8 Å². The van der Waals surface area contributed by atoms with Gasteiger partial charge in [0.05, 0.1) is 6.61 Å². The molecule has 0 aromatic heterocycles. The zero-order valence-electron chi connectivity index (χ0n) is 10.6. The van der Waals surface area contributed by atoms with E-state index in [9.17, 15) is 0 Å². The van der Waals surface area contributed by atoms with Crippen molar-refractivity contribution in [1.82, 2.24) is 10.2 Å². The molecular formula is C12H26N2O. The molecule has 1 aliphatic rings. The zero-order valence-corrected chi connectivity index (χ0v) is 10.6. The molecule has 2 atom stereocenters. The van der Waals surface area contributed by atoms with E-state index in [1.54, 1.807) is 7.11 Å². The molecule has 3 nitrogen and oxygen atoms in total. The molecule has 0 aromatic carbocycles. The van der Waals surface area contributed by atoms with Gasteiger partial charge >= 0.3 is 0 Å². The largest absolute Gasteiger partial charge is 0.383 e. The molecule has 1 aliphatic carbocycles. The van der Waals surface area contributed by atoms with E-state index in [-0.39, 0.29) is 0 Å². The Morgan fingerprint density at radius 3 is 2.60 bits per heavy atom. The van der Waals surface area contributed by atoms with E-state index in [2.05, 4.69) is 31.1 Å². The van der Waals surface area contributed by atoms with Crippen LogP contribution < -0.4 is 5.32 Å². The van der Waals surface area contributed by atoms with Gasteiger partial charge in [-0.2, -0.15) is 0 Å². The van der Waals surface area contributed by atoms with E-state index in [1.807, 2.05) is 0 Å². The smallest absolute Gasteiger partial charge is 0.0615 e. The summed E-state index contributed by atoms with van der Waals surface area (Å²) in [4.78, 5) is 2.34. The van der Waals surface area contributed by atoms with Crippen molar-refractivity contribution < 1.29 is 4.74 Å². The lowest BCUT2D eigenvalue weighted by molar-refractivity contribution is 0.115. The third-order valence-corrected chi connectivity index (χ3v) is 3.42. The minimum absolute atomic E-state index is 0.507. The molecule has 3 heteroatoms. The first-order chi connectivity index (χ1) is 7.15. The van der Waals surface area contributed by atoms with Crippen LogP contribution in [0.1, 0.15) is 26.7 Å². The number of nitrogens with zero attached hydrogens (tertiary/aromatic N) is 1. The molecular weight excluding hydrogens is 188 g/mol. The molecule has 0 aromatic rings. The number of rotatable bonds is 8. The van der Waals surface area contributed by atoms with Crippen molar-refractivity contribution in [2.24, 2.45) is 5.92 Å². The Morgan fingerprint density at radius 2 is 2.07 bits per heavy atom. The van der Waals surface area contributed by atoms with Crippen molar-refractivity contribution in [3.63, 3.8) is 0 Å². The van der Waals surface area contributed by atoms with Crippen LogP contribution in [0, 0.1) is 5.92 Å². The lowest BCUT2D eigenvalue weighted by Crippen LogP contribution is -2.40. The summed E-state index contributed by atoms with van der Waals surface area (Å²) in [6, 6.07) is 1.21. The summed E-state index contributed by atoms with van der Waals surface area (Å²) in [6.07, 6.45) is 2.84. The third kappa shape index (κ3) is 4.96. The average molecular weight is 214 g/mol. The topological polar surface area (TPSA) is 24.5 Å². The Bertz CT molecular complexity index is 171. The standard InChI is InChI=1S/C12H26N2O/c1-10(9-15-4)14(3)8-7-13-11(2)12-5-6-12/h10-13H,5-9H2,1-4H3. The summed E-state index contributed by atoms with van der Waals surface area (Å²) in [5.41, 5.74) is 0. The van der Waals surface area contributed by atoms with Gasteiger partial charge in [-0.15, -0.1) is 0 Å². The van der Waals surface area contributed by atoms with E-state index in [1.165, 1.54) is 12.8 Å². The van der Waals surface area contributed by atoms with Gasteiger partial charge in [-0.05, 0) is 39.7 Å². The number of hydrogen-bond donors (Lipinski definition) is 1. The van der Waals surface area contributed by atoms with Crippen LogP contribution in [-0.2, 0) is 4.74 Å². The first-order valence-corrected chi connectivity index (χ1v) is 6.07. The first kappa shape index (κ1) is 12.9. The molecule has 0 spiro atoms. The highest BCUT2D eigenvalue weighted by atomic mass is 16.5. The van der Waals surface area contributed by atoms with Gasteiger partial charge in [-0.1, -0.05) is 0 Å². The normalized spacial score (nSPS) is 20.6. The quantitative estimate of drug-likeness (QED) is 0.660. The van der Waals surface area contributed by atoms with Crippen LogP contribution in [0.25, 0.3) is 0 Å². The summed E-state index contributed by atoms with van der Waals surface area (Å²) in [5.74, 6) is 0.951. The Morgan fingerprint density at radius 1 is 1.40 bits per heavy atom. The Labute approximate surface area is 94.2 Å². The van der Waals surface area contributed by atoms with E-state index >= 15 is 0 Å².